The number of ketones is 1. The number of fused-ring (bicyclic) bond motifs is 1. The molecule has 0 bridgehead atoms. The molecule has 0 radical (unpaired) electrons. The van der Waals surface area contributed by atoms with Crippen molar-refractivity contribution in [3.05, 3.63) is 65.9 Å². The van der Waals surface area contributed by atoms with Crippen LogP contribution in [0, 0.1) is 16.7 Å². The predicted octanol–water partition coefficient (Wildman–Crippen LogP) is 5.56. The van der Waals surface area contributed by atoms with Crippen LogP contribution in [0.1, 0.15) is 43.6 Å². The molecule has 0 amide bonds. The lowest BCUT2D eigenvalue weighted by Crippen LogP contribution is -2.07. The number of hydrogen-bond acceptors (Lipinski definition) is 2. The fourth-order valence-corrected chi connectivity index (χ4v) is 4.55. The molecule has 1 aromatic heterocycles. The maximum Gasteiger partial charge on any atom is 0.169 e. The lowest BCUT2D eigenvalue weighted by Gasteiger charge is -2.07. The molecular weight excluding hydrogens is 334 g/mol. The summed E-state index contributed by atoms with van der Waals surface area (Å²) in [7, 11) is 1.68. The van der Waals surface area contributed by atoms with Crippen molar-refractivity contribution < 1.29 is 9.53 Å². The molecule has 0 N–H and O–H groups in total. The van der Waals surface area contributed by atoms with E-state index in [-0.39, 0.29) is 22.5 Å². The number of carbonyl (C=O) groups excluding carboxylic acids is 1. The molecule has 3 nitrogen and oxygen atoms in total. The van der Waals surface area contributed by atoms with Crippen molar-refractivity contribution in [1.29, 1.82) is 0 Å². The van der Waals surface area contributed by atoms with E-state index < -0.39 is 0 Å². The Kier molecular flexibility index (Phi) is 3.95. The van der Waals surface area contributed by atoms with E-state index in [1.54, 1.807) is 7.11 Å². The van der Waals surface area contributed by atoms with Gasteiger partial charge in [0.2, 0.25) is 0 Å². The van der Waals surface area contributed by atoms with Crippen LogP contribution in [0.5, 0.6) is 5.75 Å². The molecule has 0 spiro atoms. The lowest BCUT2D eigenvalue weighted by molar-refractivity contribution is 0.0946. The van der Waals surface area contributed by atoms with Crippen molar-refractivity contribution in [3.63, 3.8) is 0 Å². The number of Topliss-reactive ketones (excluding diaryl/α,β-unsaturated/α-hetero) is 1. The third-order valence-corrected chi connectivity index (χ3v) is 6.82. The highest BCUT2D eigenvalue weighted by Crippen LogP contribution is 2.69. The van der Waals surface area contributed by atoms with Crippen LogP contribution in [-0.4, -0.2) is 17.5 Å². The van der Waals surface area contributed by atoms with Gasteiger partial charge in [-0.05, 0) is 34.6 Å². The molecule has 1 fully saturated rings. The van der Waals surface area contributed by atoms with E-state index in [1.807, 2.05) is 36.5 Å². The topological polar surface area (TPSA) is 31.2 Å². The Morgan fingerprint density at radius 2 is 1.74 bits per heavy atom. The maximum absolute atomic E-state index is 13.4. The summed E-state index contributed by atoms with van der Waals surface area (Å²) >= 11 is 0. The minimum absolute atomic E-state index is 0.0417. The Morgan fingerprint density at radius 3 is 2.41 bits per heavy atom. The molecule has 1 heterocycles. The van der Waals surface area contributed by atoms with Gasteiger partial charge in [0, 0.05) is 35.1 Å². The fraction of sp³-hybridized carbons (Fsp3) is 0.375. The molecule has 3 aromatic rings. The van der Waals surface area contributed by atoms with Gasteiger partial charge in [-0.25, -0.2) is 0 Å². The van der Waals surface area contributed by atoms with Crippen molar-refractivity contribution in [3.8, 4) is 5.75 Å². The SMILES string of the molecule is COc1cccc(Cn2cc(C(=O)C3C(C)(C)C3(C)C)c3ccccc32)c1. The summed E-state index contributed by atoms with van der Waals surface area (Å²) in [6.45, 7) is 9.51. The number of nitrogens with zero attached hydrogens (tertiary/aromatic N) is 1. The molecule has 0 saturated heterocycles. The minimum atomic E-state index is 0.0417. The van der Waals surface area contributed by atoms with Crippen LogP contribution < -0.4 is 4.74 Å². The van der Waals surface area contributed by atoms with Crippen molar-refractivity contribution in [1.82, 2.24) is 4.57 Å². The van der Waals surface area contributed by atoms with E-state index in [0.29, 0.717) is 6.54 Å². The van der Waals surface area contributed by atoms with Gasteiger partial charge in [-0.15, -0.1) is 0 Å². The quantitative estimate of drug-likeness (QED) is 0.557. The number of aromatic nitrogens is 1. The van der Waals surface area contributed by atoms with E-state index >= 15 is 0 Å². The smallest absolute Gasteiger partial charge is 0.169 e. The summed E-state index contributed by atoms with van der Waals surface area (Å²) in [4.78, 5) is 13.4. The van der Waals surface area contributed by atoms with Crippen molar-refractivity contribution >= 4 is 16.7 Å². The van der Waals surface area contributed by atoms with Gasteiger partial charge >= 0.3 is 0 Å². The van der Waals surface area contributed by atoms with E-state index in [4.69, 9.17) is 4.74 Å². The highest BCUT2D eigenvalue weighted by atomic mass is 16.5. The summed E-state index contributed by atoms with van der Waals surface area (Å²) in [5.41, 5.74) is 3.18. The van der Waals surface area contributed by atoms with Crippen molar-refractivity contribution in [2.24, 2.45) is 16.7 Å². The summed E-state index contributed by atoms with van der Waals surface area (Å²) in [6, 6.07) is 16.3. The minimum Gasteiger partial charge on any atom is -0.497 e. The average molecular weight is 361 g/mol. The molecular formula is C24H27NO2. The fourth-order valence-electron chi connectivity index (χ4n) is 4.55. The second-order valence-corrected chi connectivity index (χ2v) is 8.78. The summed E-state index contributed by atoms with van der Waals surface area (Å²) in [5.74, 6) is 1.19. The number of para-hydroxylation sites is 1. The molecule has 140 valence electrons. The first-order valence-electron chi connectivity index (χ1n) is 9.52. The number of carbonyl (C=O) groups is 1. The molecule has 4 rings (SSSR count). The number of benzene rings is 2. The predicted molar refractivity (Wildman–Crippen MR) is 109 cm³/mol. The largest absolute Gasteiger partial charge is 0.497 e. The van der Waals surface area contributed by atoms with E-state index in [2.05, 4.69) is 50.5 Å². The molecule has 1 aliphatic rings. The molecule has 3 heteroatoms. The highest BCUT2D eigenvalue weighted by molar-refractivity contribution is 6.11. The number of hydrogen-bond donors (Lipinski definition) is 0. The Labute approximate surface area is 161 Å². The second kappa shape index (κ2) is 5.98. The Balaban J connectivity index is 1.75. The van der Waals surface area contributed by atoms with Gasteiger partial charge in [-0.3, -0.25) is 4.79 Å². The van der Waals surface area contributed by atoms with Gasteiger partial charge in [0.15, 0.2) is 5.78 Å². The van der Waals surface area contributed by atoms with Gasteiger partial charge in [-0.2, -0.15) is 0 Å². The molecule has 0 atom stereocenters. The highest BCUT2D eigenvalue weighted by Gasteiger charge is 2.68. The Bertz CT molecular complexity index is 1010. The zero-order valence-corrected chi connectivity index (χ0v) is 16.7. The third-order valence-electron chi connectivity index (χ3n) is 6.82. The molecule has 0 unspecified atom stereocenters. The monoisotopic (exact) mass is 361 g/mol. The Hall–Kier alpha value is -2.55. The van der Waals surface area contributed by atoms with Gasteiger partial charge < -0.3 is 9.30 Å². The summed E-state index contributed by atoms with van der Waals surface area (Å²) in [5, 5.41) is 1.05. The van der Waals surface area contributed by atoms with Crippen LogP contribution in [0.25, 0.3) is 10.9 Å². The standard InChI is InChI=1S/C24H27NO2/c1-23(2)22(24(23,3)4)21(26)19-15-25(20-12-7-6-11-18(19)20)14-16-9-8-10-17(13-16)27-5/h6-13,15,22H,14H2,1-5H3. The van der Waals surface area contributed by atoms with Gasteiger partial charge in [0.05, 0.1) is 7.11 Å². The number of ether oxygens (including phenoxy) is 1. The lowest BCUT2D eigenvalue weighted by atomic mass is 10.0. The van der Waals surface area contributed by atoms with Crippen LogP contribution in [0.3, 0.4) is 0 Å². The Morgan fingerprint density at radius 1 is 1.04 bits per heavy atom. The zero-order valence-electron chi connectivity index (χ0n) is 16.7. The third kappa shape index (κ3) is 2.68. The van der Waals surface area contributed by atoms with E-state index in [1.165, 1.54) is 0 Å². The van der Waals surface area contributed by atoms with Crippen LogP contribution in [0.4, 0.5) is 0 Å². The molecule has 0 aliphatic heterocycles. The van der Waals surface area contributed by atoms with Crippen LogP contribution >= 0.6 is 0 Å². The maximum atomic E-state index is 13.4. The molecule has 2 aromatic carbocycles. The normalized spacial score (nSPS) is 17.8. The number of methoxy groups -OCH3 is 1. The zero-order chi connectivity index (χ0) is 19.4. The molecule has 1 saturated carbocycles. The average Bonchev–Trinajstić information content (AvgIpc) is 2.91. The summed E-state index contributed by atoms with van der Waals surface area (Å²) in [6.07, 6.45) is 2.04. The molecule has 27 heavy (non-hydrogen) atoms. The van der Waals surface area contributed by atoms with Crippen LogP contribution in [-0.2, 0) is 6.54 Å². The number of rotatable bonds is 5. The summed E-state index contributed by atoms with van der Waals surface area (Å²) < 4.78 is 7.53. The first kappa shape index (κ1) is 17.8. The van der Waals surface area contributed by atoms with Gasteiger partial charge in [-0.1, -0.05) is 58.0 Å². The first-order chi connectivity index (χ1) is 12.8. The van der Waals surface area contributed by atoms with Crippen LogP contribution in [0.15, 0.2) is 54.7 Å². The molecule has 1 aliphatic carbocycles. The van der Waals surface area contributed by atoms with Gasteiger partial charge in [0.25, 0.3) is 0 Å². The second-order valence-electron chi connectivity index (χ2n) is 8.78. The van der Waals surface area contributed by atoms with Crippen molar-refractivity contribution in [2.75, 3.05) is 7.11 Å². The van der Waals surface area contributed by atoms with Gasteiger partial charge in [0.1, 0.15) is 5.75 Å². The van der Waals surface area contributed by atoms with E-state index in [9.17, 15) is 4.79 Å². The van der Waals surface area contributed by atoms with Crippen LogP contribution in [0.2, 0.25) is 0 Å². The first-order valence-corrected chi connectivity index (χ1v) is 9.52. The van der Waals surface area contributed by atoms with Crippen molar-refractivity contribution in [2.45, 2.75) is 34.2 Å². The van der Waals surface area contributed by atoms with E-state index in [0.717, 1.165) is 27.8 Å².